The molecule has 0 spiro atoms. The molecule has 4 nitrogen and oxygen atoms in total. The maximum absolute atomic E-state index is 12.6. The van der Waals surface area contributed by atoms with Crippen LogP contribution in [-0.2, 0) is 11.2 Å². The van der Waals surface area contributed by atoms with E-state index in [2.05, 4.69) is 41.8 Å². The zero-order chi connectivity index (χ0) is 16.3. The van der Waals surface area contributed by atoms with Gasteiger partial charge in [0, 0.05) is 19.1 Å². The minimum Gasteiger partial charge on any atom is -0.340 e. The molecule has 1 fully saturated rings. The fourth-order valence-corrected chi connectivity index (χ4v) is 3.01. The normalized spacial score (nSPS) is 17.3. The van der Waals surface area contributed by atoms with E-state index in [0.29, 0.717) is 12.6 Å². The van der Waals surface area contributed by atoms with Gasteiger partial charge >= 0.3 is 0 Å². The van der Waals surface area contributed by atoms with Crippen LogP contribution in [0.2, 0.25) is 0 Å². The molecule has 0 bridgehead atoms. The molecule has 23 heavy (non-hydrogen) atoms. The largest absolute Gasteiger partial charge is 0.340 e. The van der Waals surface area contributed by atoms with E-state index in [1.54, 1.807) is 0 Å². The Bertz CT molecular complexity index is 443. The molecule has 1 aliphatic heterocycles. The second kappa shape index (κ2) is 10.4. The van der Waals surface area contributed by atoms with Crippen LogP contribution in [0.3, 0.4) is 0 Å². The van der Waals surface area contributed by atoms with Crippen molar-refractivity contribution in [1.29, 1.82) is 0 Å². The number of rotatable bonds is 10. The van der Waals surface area contributed by atoms with Gasteiger partial charge in [-0.3, -0.25) is 4.79 Å². The van der Waals surface area contributed by atoms with Crippen LogP contribution in [0.4, 0.5) is 0 Å². The summed E-state index contributed by atoms with van der Waals surface area (Å²) < 4.78 is 0. The number of carbonyl (C=O) groups is 1. The molecule has 0 radical (unpaired) electrons. The topological polar surface area (TPSA) is 44.4 Å². The highest BCUT2D eigenvalue weighted by Crippen LogP contribution is 2.09. The van der Waals surface area contributed by atoms with Crippen molar-refractivity contribution in [2.24, 2.45) is 0 Å². The van der Waals surface area contributed by atoms with E-state index >= 15 is 0 Å². The summed E-state index contributed by atoms with van der Waals surface area (Å²) in [6.07, 6.45) is 5.61. The highest BCUT2D eigenvalue weighted by Gasteiger charge is 2.21. The van der Waals surface area contributed by atoms with Crippen molar-refractivity contribution in [3.8, 4) is 0 Å². The van der Waals surface area contributed by atoms with E-state index in [-0.39, 0.29) is 5.91 Å². The number of hydrogen-bond donors (Lipinski definition) is 2. The van der Waals surface area contributed by atoms with E-state index in [1.165, 1.54) is 18.4 Å². The molecular weight excluding hydrogens is 286 g/mol. The van der Waals surface area contributed by atoms with Crippen molar-refractivity contribution in [3.63, 3.8) is 0 Å². The Morgan fingerprint density at radius 3 is 2.87 bits per heavy atom. The van der Waals surface area contributed by atoms with E-state index in [4.69, 9.17) is 0 Å². The number of amides is 1. The van der Waals surface area contributed by atoms with Crippen LogP contribution in [0.15, 0.2) is 30.3 Å². The second-order valence-electron chi connectivity index (χ2n) is 6.40. The van der Waals surface area contributed by atoms with Gasteiger partial charge < -0.3 is 15.5 Å². The van der Waals surface area contributed by atoms with Gasteiger partial charge in [-0.15, -0.1) is 0 Å². The Morgan fingerprint density at radius 2 is 2.17 bits per heavy atom. The number of hydrogen-bond acceptors (Lipinski definition) is 3. The summed E-state index contributed by atoms with van der Waals surface area (Å²) in [5.41, 5.74) is 1.30. The average Bonchev–Trinajstić information content (AvgIpc) is 3.09. The highest BCUT2D eigenvalue weighted by atomic mass is 16.2. The van der Waals surface area contributed by atoms with Crippen molar-refractivity contribution in [2.45, 2.75) is 45.1 Å². The van der Waals surface area contributed by atoms with E-state index < -0.39 is 0 Å². The average molecular weight is 317 g/mol. The standard InChI is InChI=1S/C19H31N3O/c1-2-3-12-20-15-19(23)22(16-18-10-7-13-21-18)14-11-17-8-5-4-6-9-17/h4-6,8-9,18,20-21H,2-3,7,10-16H2,1H3/t18-/m0/s1. The van der Waals surface area contributed by atoms with Crippen molar-refractivity contribution in [3.05, 3.63) is 35.9 Å². The predicted octanol–water partition coefficient (Wildman–Crippen LogP) is 2.20. The zero-order valence-corrected chi connectivity index (χ0v) is 14.4. The number of benzene rings is 1. The summed E-state index contributed by atoms with van der Waals surface area (Å²) in [7, 11) is 0. The minimum atomic E-state index is 0.228. The molecule has 1 saturated heterocycles. The first-order valence-corrected chi connectivity index (χ1v) is 9.05. The summed E-state index contributed by atoms with van der Waals surface area (Å²) in [5, 5.41) is 6.78. The molecule has 1 aromatic rings. The fourth-order valence-electron chi connectivity index (χ4n) is 3.01. The predicted molar refractivity (Wildman–Crippen MR) is 95.5 cm³/mol. The summed E-state index contributed by atoms with van der Waals surface area (Å²) in [6.45, 7) is 6.27. The van der Waals surface area contributed by atoms with Crippen LogP contribution in [0.1, 0.15) is 38.2 Å². The Kier molecular flexibility index (Phi) is 8.12. The third kappa shape index (κ3) is 6.71. The SMILES string of the molecule is CCCCNCC(=O)N(CCc1ccccc1)C[C@@H]1CCCN1. The van der Waals surface area contributed by atoms with E-state index in [0.717, 1.165) is 45.4 Å². The summed E-state index contributed by atoms with van der Waals surface area (Å²) in [4.78, 5) is 14.6. The summed E-state index contributed by atoms with van der Waals surface area (Å²) in [6, 6.07) is 10.9. The Labute approximate surface area is 140 Å². The van der Waals surface area contributed by atoms with Gasteiger partial charge in [0.1, 0.15) is 0 Å². The molecule has 2 N–H and O–H groups in total. The van der Waals surface area contributed by atoms with Crippen LogP contribution >= 0.6 is 0 Å². The molecule has 0 aliphatic carbocycles. The molecule has 4 heteroatoms. The lowest BCUT2D eigenvalue weighted by atomic mass is 10.1. The third-order valence-electron chi connectivity index (χ3n) is 4.45. The van der Waals surface area contributed by atoms with Gasteiger partial charge in [-0.25, -0.2) is 0 Å². The minimum absolute atomic E-state index is 0.228. The lowest BCUT2D eigenvalue weighted by Crippen LogP contribution is -2.45. The molecule has 0 unspecified atom stereocenters. The van der Waals surface area contributed by atoms with Gasteiger partial charge in [-0.2, -0.15) is 0 Å². The van der Waals surface area contributed by atoms with Crippen LogP contribution in [0, 0.1) is 0 Å². The molecule has 1 amide bonds. The molecule has 0 saturated carbocycles. The van der Waals surface area contributed by atoms with Gasteiger partial charge in [0.15, 0.2) is 0 Å². The maximum atomic E-state index is 12.6. The molecule has 1 aliphatic rings. The molecule has 1 atom stereocenters. The van der Waals surface area contributed by atoms with Crippen LogP contribution in [0.5, 0.6) is 0 Å². The Morgan fingerprint density at radius 1 is 1.35 bits per heavy atom. The molecule has 2 rings (SSSR count). The van der Waals surface area contributed by atoms with Gasteiger partial charge in [0.25, 0.3) is 0 Å². The van der Waals surface area contributed by atoms with Crippen LogP contribution in [-0.4, -0.2) is 49.6 Å². The quantitative estimate of drug-likeness (QED) is 0.650. The number of carbonyl (C=O) groups excluding carboxylic acids is 1. The van der Waals surface area contributed by atoms with Gasteiger partial charge in [0.05, 0.1) is 6.54 Å². The van der Waals surface area contributed by atoms with Crippen LogP contribution < -0.4 is 10.6 Å². The highest BCUT2D eigenvalue weighted by molar-refractivity contribution is 5.78. The molecule has 0 aromatic heterocycles. The van der Waals surface area contributed by atoms with Crippen molar-refractivity contribution in [1.82, 2.24) is 15.5 Å². The monoisotopic (exact) mass is 317 g/mol. The lowest BCUT2D eigenvalue weighted by Gasteiger charge is -2.26. The van der Waals surface area contributed by atoms with E-state index in [9.17, 15) is 4.79 Å². The molecule has 1 heterocycles. The first-order chi connectivity index (χ1) is 11.3. The Hall–Kier alpha value is -1.39. The van der Waals surface area contributed by atoms with Crippen molar-refractivity contribution >= 4 is 5.91 Å². The maximum Gasteiger partial charge on any atom is 0.236 e. The van der Waals surface area contributed by atoms with Gasteiger partial charge in [-0.1, -0.05) is 43.7 Å². The summed E-state index contributed by atoms with van der Waals surface area (Å²) in [5.74, 6) is 0.228. The van der Waals surface area contributed by atoms with Gasteiger partial charge in [0.2, 0.25) is 5.91 Å². The number of nitrogens with zero attached hydrogens (tertiary/aromatic N) is 1. The summed E-state index contributed by atoms with van der Waals surface area (Å²) >= 11 is 0. The number of nitrogens with one attached hydrogen (secondary N) is 2. The first-order valence-electron chi connectivity index (χ1n) is 9.05. The molecular formula is C19H31N3O. The first kappa shape index (κ1) is 18.0. The van der Waals surface area contributed by atoms with Crippen LogP contribution in [0.25, 0.3) is 0 Å². The van der Waals surface area contributed by atoms with E-state index in [1.807, 2.05) is 11.0 Å². The molecule has 128 valence electrons. The smallest absolute Gasteiger partial charge is 0.236 e. The van der Waals surface area contributed by atoms with Gasteiger partial charge in [-0.05, 0) is 44.3 Å². The van der Waals surface area contributed by atoms with Crippen molar-refractivity contribution < 1.29 is 4.79 Å². The fraction of sp³-hybridized carbons (Fsp3) is 0.632. The number of unbranched alkanes of at least 4 members (excludes halogenated alkanes) is 1. The van der Waals surface area contributed by atoms with Crippen molar-refractivity contribution in [2.75, 3.05) is 32.7 Å². The Balaban J connectivity index is 1.83. The molecule has 1 aromatic carbocycles. The lowest BCUT2D eigenvalue weighted by molar-refractivity contribution is -0.130. The zero-order valence-electron chi connectivity index (χ0n) is 14.4. The third-order valence-corrected chi connectivity index (χ3v) is 4.45. The second-order valence-corrected chi connectivity index (χ2v) is 6.40.